The number of nitrogen functional groups attached to an aromatic ring is 1. The van der Waals surface area contributed by atoms with Gasteiger partial charge in [0.05, 0.1) is 6.20 Å². The van der Waals surface area contributed by atoms with Crippen LogP contribution in [0.4, 0.5) is 5.82 Å². The number of nitrogens with zero attached hydrogens (tertiary/aromatic N) is 2. The van der Waals surface area contributed by atoms with Crippen LogP contribution in [-0.4, -0.2) is 9.78 Å². The zero-order chi connectivity index (χ0) is 9.54. The lowest BCUT2D eigenvalue weighted by Gasteiger charge is -2.18. The molecule has 2 aliphatic rings. The van der Waals surface area contributed by atoms with Gasteiger partial charge in [0.2, 0.25) is 0 Å². The summed E-state index contributed by atoms with van der Waals surface area (Å²) in [6, 6.07) is 1.86. The van der Waals surface area contributed by atoms with E-state index in [9.17, 15) is 0 Å². The third-order valence-corrected chi connectivity index (χ3v) is 3.57. The van der Waals surface area contributed by atoms with E-state index in [1.165, 1.54) is 12.8 Å². The number of allylic oxidation sites excluding steroid dienone is 2. The molecule has 3 unspecified atom stereocenters. The Labute approximate surface area is 83.6 Å². The standard InChI is InChI=1S/C11H15N3/c12-11-3-4-13-14(11)7-10-6-8-1-2-9(10)5-8/h1-4,8-10H,5-7,12H2. The lowest BCUT2D eigenvalue weighted by Crippen LogP contribution is -2.17. The maximum Gasteiger partial charge on any atom is 0.121 e. The molecule has 0 amide bonds. The molecular weight excluding hydrogens is 174 g/mol. The first-order chi connectivity index (χ1) is 6.83. The van der Waals surface area contributed by atoms with Gasteiger partial charge in [-0.25, -0.2) is 4.68 Å². The van der Waals surface area contributed by atoms with Crippen molar-refractivity contribution in [3.8, 4) is 0 Å². The Hall–Kier alpha value is -1.25. The van der Waals surface area contributed by atoms with E-state index in [1.807, 2.05) is 10.7 Å². The van der Waals surface area contributed by atoms with Crippen molar-refractivity contribution in [1.82, 2.24) is 9.78 Å². The lowest BCUT2D eigenvalue weighted by molar-refractivity contribution is 0.368. The Morgan fingerprint density at radius 2 is 2.36 bits per heavy atom. The molecule has 1 saturated carbocycles. The zero-order valence-corrected chi connectivity index (χ0v) is 8.13. The zero-order valence-electron chi connectivity index (χ0n) is 8.13. The van der Waals surface area contributed by atoms with Crippen molar-refractivity contribution in [2.75, 3.05) is 5.73 Å². The topological polar surface area (TPSA) is 43.8 Å². The first kappa shape index (κ1) is 8.09. The van der Waals surface area contributed by atoms with Gasteiger partial charge in [-0.05, 0) is 36.7 Å². The molecule has 0 radical (unpaired) electrons. The van der Waals surface area contributed by atoms with Gasteiger partial charge in [-0.3, -0.25) is 0 Å². The van der Waals surface area contributed by atoms with E-state index in [4.69, 9.17) is 5.73 Å². The second-order valence-corrected chi connectivity index (χ2v) is 4.48. The van der Waals surface area contributed by atoms with Crippen LogP contribution in [0.25, 0.3) is 0 Å². The van der Waals surface area contributed by atoms with Gasteiger partial charge in [-0.1, -0.05) is 12.2 Å². The normalized spacial score (nSPS) is 34.1. The number of hydrogen-bond donors (Lipinski definition) is 1. The SMILES string of the molecule is Nc1ccnn1CC1CC2C=CC1C2. The monoisotopic (exact) mass is 189 g/mol. The van der Waals surface area contributed by atoms with Gasteiger partial charge in [0.25, 0.3) is 0 Å². The van der Waals surface area contributed by atoms with Crippen molar-refractivity contribution in [2.24, 2.45) is 17.8 Å². The highest BCUT2D eigenvalue weighted by atomic mass is 15.3. The molecule has 0 spiro atoms. The number of rotatable bonds is 2. The van der Waals surface area contributed by atoms with Gasteiger partial charge in [0, 0.05) is 6.54 Å². The van der Waals surface area contributed by atoms with E-state index in [1.54, 1.807) is 6.20 Å². The van der Waals surface area contributed by atoms with Crippen LogP contribution in [0.15, 0.2) is 24.4 Å². The average Bonchev–Trinajstić information content (AvgIpc) is 2.83. The number of anilines is 1. The number of fused-ring (bicyclic) bond motifs is 2. The minimum absolute atomic E-state index is 0.757. The van der Waals surface area contributed by atoms with E-state index in [0.29, 0.717) is 0 Å². The molecule has 3 atom stereocenters. The molecular formula is C11H15N3. The summed E-state index contributed by atoms with van der Waals surface area (Å²) in [7, 11) is 0. The summed E-state index contributed by atoms with van der Waals surface area (Å²) in [6.45, 7) is 0.990. The van der Waals surface area contributed by atoms with Crippen molar-refractivity contribution in [3.05, 3.63) is 24.4 Å². The molecule has 1 heterocycles. The fraction of sp³-hybridized carbons (Fsp3) is 0.545. The molecule has 3 nitrogen and oxygen atoms in total. The second-order valence-electron chi connectivity index (χ2n) is 4.48. The molecule has 1 aromatic rings. The molecule has 3 heteroatoms. The third kappa shape index (κ3) is 1.15. The van der Waals surface area contributed by atoms with Gasteiger partial charge >= 0.3 is 0 Å². The smallest absolute Gasteiger partial charge is 0.121 e. The Kier molecular flexibility index (Phi) is 1.66. The van der Waals surface area contributed by atoms with Crippen LogP contribution in [0.1, 0.15) is 12.8 Å². The summed E-state index contributed by atoms with van der Waals surface area (Å²) >= 11 is 0. The summed E-state index contributed by atoms with van der Waals surface area (Å²) in [4.78, 5) is 0. The largest absolute Gasteiger partial charge is 0.384 e. The van der Waals surface area contributed by atoms with Crippen LogP contribution < -0.4 is 5.73 Å². The van der Waals surface area contributed by atoms with E-state index >= 15 is 0 Å². The minimum Gasteiger partial charge on any atom is -0.384 e. The molecule has 3 rings (SSSR count). The van der Waals surface area contributed by atoms with E-state index < -0.39 is 0 Å². The molecule has 2 N–H and O–H groups in total. The minimum atomic E-state index is 0.757. The molecule has 74 valence electrons. The number of hydrogen-bond acceptors (Lipinski definition) is 2. The quantitative estimate of drug-likeness (QED) is 0.719. The van der Waals surface area contributed by atoms with Crippen molar-refractivity contribution in [1.29, 1.82) is 0 Å². The lowest BCUT2D eigenvalue weighted by atomic mass is 9.94. The van der Waals surface area contributed by atoms with Crippen LogP contribution in [0.2, 0.25) is 0 Å². The Morgan fingerprint density at radius 1 is 1.43 bits per heavy atom. The Bertz CT molecular complexity index is 366. The van der Waals surface area contributed by atoms with Gasteiger partial charge < -0.3 is 5.73 Å². The van der Waals surface area contributed by atoms with Crippen LogP contribution >= 0.6 is 0 Å². The number of aromatic nitrogens is 2. The maximum absolute atomic E-state index is 5.80. The van der Waals surface area contributed by atoms with Crippen molar-refractivity contribution in [2.45, 2.75) is 19.4 Å². The average molecular weight is 189 g/mol. The maximum atomic E-state index is 5.80. The van der Waals surface area contributed by atoms with E-state index in [0.717, 1.165) is 30.1 Å². The van der Waals surface area contributed by atoms with Crippen molar-refractivity contribution >= 4 is 5.82 Å². The first-order valence-corrected chi connectivity index (χ1v) is 5.28. The van der Waals surface area contributed by atoms with Gasteiger partial charge in [-0.15, -0.1) is 0 Å². The molecule has 2 aliphatic carbocycles. The highest BCUT2D eigenvalue weighted by Crippen LogP contribution is 2.44. The predicted molar refractivity (Wildman–Crippen MR) is 55.5 cm³/mol. The molecule has 0 aliphatic heterocycles. The summed E-state index contributed by atoms with van der Waals surface area (Å²) in [6.07, 6.45) is 9.19. The van der Waals surface area contributed by atoms with Crippen LogP contribution in [0.3, 0.4) is 0 Å². The Morgan fingerprint density at radius 3 is 2.93 bits per heavy atom. The van der Waals surface area contributed by atoms with Crippen molar-refractivity contribution < 1.29 is 0 Å². The van der Waals surface area contributed by atoms with Crippen molar-refractivity contribution in [3.63, 3.8) is 0 Å². The summed E-state index contributed by atoms with van der Waals surface area (Å²) < 4.78 is 1.93. The summed E-state index contributed by atoms with van der Waals surface area (Å²) in [5.41, 5.74) is 5.80. The summed E-state index contributed by atoms with van der Waals surface area (Å²) in [5, 5.41) is 4.23. The highest BCUT2D eigenvalue weighted by molar-refractivity contribution is 5.26. The Balaban J connectivity index is 1.75. The van der Waals surface area contributed by atoms with E-state index in [2.05, 4.69) is 17.3 Å². The van der Waals surface area contributed by atoms with Gasteiger partial charge in [-0.2, -0.15) is 5.10 Å². The van der Waals surface area contributed by atoms with Gasteiger partial charge in [0.1, 0.15) is 5.82 Å². The molecule has 0 saturated heterocycles. The highest BCUT2D eigenvalue weighted by Gasteiger charge is 2.35. The molecule has 0 aromatic carbocycles. The molecule has 2 bridgehead atoms. The van der Waals surface area contributed by atoms with Gasteiger partial charge in [0.15, 0.2) is 0 Å². The molecule has 14 heavy (non-hydrogen) atoms. The van der Waals surface area contributed by atoms with Crippen LogP contribution in [0, 0.1) is 17.8 Å². The first-order valence-electron chi connectivity index (χ1n) is 5.28. The fourth-order valence-electron chi connectivity index (χ4n) is 2.82. The second kappa shape index (κ2) is 2.87. The van der Waals surface area contributed by atoms with E-state index in [-0.39, 0.29) is 0 Å². The fourth-order valence-corrected chi connectivity index (χ4v) is 2.82. The third-order valence-electron chi connectivity index (χ3n) is 3.57. The predicted octanol–water partition coefficient (Wildman–Crippen LogP) is 1.68. The number of nitrogens with two attached hydrogens (primary N) is 1. The van der Waals surface area contributed by atoms with Crippen LogP contribution in [-0.2, 0) is 6.54 Å². The summed E-state index contributed by atoms with van der Waals surface area (Å²) in [5.74, 6) is 3.16. The molecule has 1 fully saturated rings. The molecule has 1 aromatic heterocycles. The van der Waals surface area contributed by atoms with Crippen LogP contribution in [0.5, 0.6) is 0 Å².